The van der Waals surface area contributed by atoms with Gasteiger partial charge < -0.3 is 9.15 Å². The Hall–Kier alpha value is -1.77. The molecule has 1 aromatic carbocycles. The molecule has 2 rings (SSSR count). The summed E-state index contributed by atoms with van der Waals surface area (Å²) in [7, 11) is 0. The third kappa shape index (κ3) is 1.82. The highest BCUT2D eigenvalue weighted by atomic mass is 16.5. The van der Waals surface area contributed by atoms with Gasteiger partial charge in [0.25, 0.3) is 0 Å². The lowest BCUT2D eigenvalue weighted by atomic mass is 10.0. The number of aryl methyl sites for hydroxylation is 2. The number of fused-ring (bicyclic) bond motifs is 1. The molecule has 0 atom stereocenters. The fourth-order valence-electron chi connectivity index (χ4n) is 1.94. The van der Waals surface area contributed by atoms with Crippen LogP contribution >= 0.6 is 0 Å². The van der Waals surface area contributed by atoms with Gasteiger partial charge in [-0.1, -0.05) is 0 Å². The van der Waals surface area contributed by atoms with Gasteiger partial charge in [0.05, 0.1) is 6.61 Å². The first-order valence-corrected chi connectivity index (χ1v) is 5.72. The zero-order chi connectivity index (χ0) is 12.6. The molecule has 3 nitrogen and oxygen atoms in total. The van der Waals surface area contributed by atoms with Gasteiger partial charge in [-0.2, -0.15) is 0 Å². The average molecular weight is 232 g/mol. The Morgan fingerprint density at radius 1 is 1.12 bits per heavy atom. The molecule has 0 fully saturated rings. The SMILES string of the molecule is CCOc1ccc2c(C)c(C)c(=O)oc2c1C. The van der Waals surface area contributed by atoms with Crippen LogP contribution in [0.4, 0.5) is 0 Å². The predicted octanol–water partition coefficient (Wildman–Crippen LogP) is 3.12. The van der Waals surface area contributed by atoms with E-state index >= 15 is 0 Å². The van der Waals surface area contributed by atoms with E-state index in [1.54, 1.807) is 6.92 Å². The largest absolute Gasteiger partial charge is 0.493 e. The summed E-state index contributed by atoms with van der Waals surface area (Å²) in [4.78, 5) is 11.7. The van der Waals surface area contributed by atoms with Crippen molar-refractivity contribution in [1.82, 2.24) is 0 Å². The Bertz CT molecular complexity index is 623. The summed E-state index contributed by atoms with van der Waals surface area (Å²) >= 11 is 0. The molecule has 90 valence electrons. The molecule has 0 spiro atoms. The summed E-state index contributed by atoms with van der Waals surface area (Å²) in [5, 5.41) is 0.975. The van der Waals surface area contributed by atoms with Crippen LogP contribution in [0, 0.1) is 20.8 Å². The first kappa shape index (κ1) is 11.7. The summed E-state index contributed by atoms with van der Waals surface area (Å²) in [6.07, 6.45) is 0. The van der Waals surface area contributed by atoms with Crippen LogP contribution in [0.1, 0.15) is 23.6 Å². The summed E-state index contributed by atoms with van der Waals surface area (Å²) in [5.41, 5.74) is 2.88. The Kier molecular flexibility index (Phi) is 2.92. The minimum absolute atomic E-state index is 0.272. The van der Waals surface area contributed by atoms with Crippen molar-refractivity contribution in [3.8, 4) is 5.75 Å². The van der Waals surface area contributed by atoms with Gasteiger partial charge in [-0.25, -0.2) is 4.79 Å². The lowest BCUT2D eigenvalue weighted by molar-refractivity contribution is 0.337. The van der Waals surface area contributed by atoms with Crippen LogP contribution in [0.5, 0.6) is 5.75 Å². The van der Waals surface area contributed by atoms with Crippen molar-refractivity contribution in [2.45, 2.75) is 27.7 Å². The Balaban J connectivity index is 2.83. The van der Waals surface area contributed by atoms with Gasteiger partial charge in [0.1, 0.15) is 11.3 Å². The van der Waals surface area contributed by atoms with E-state index in [1.807, 2.05) is 32.9 Å². The van der Waals surface area contributed by atoms with Crippen LogP contribution in [0.2, 0.25) is 0 Å². The molecule has 0 unspecified atom stereocenters. The van der Waals surface area contributed by atoms with Crippen molar-refractivity contribution >= 4 is 11.0 Å². The number of ether oxygens (including phenoxy) is 1. The van der Waals surface area contributed by atoms with Gasteiger partial charge >= 0.3 is 5.63 Å². The molecule has 2 aromatic rings. The fourth-order valence-corrected chi connectivity index (χ4v) is 1.94. The quantitative estimate of drug-likeness (QED) is 0.747. The maximum Gasteiger partial charge on any atom is 0.339 e. The third-order valence-electron chi connectivity index (χ3n) is 3.12. The second kappa shape index (κ2) is 4.24. The molecular weight excluding hydrogens is 216 g/mol. The minimum Gasteiger partial charge on any atom is -0.493 e. The number of rotatable bonds is 2. The zero-order valence-corrected chi connectivity index (χ0v) is 10.6. The predicted molar refractivity (Wildman–Crippen MR) is 67.9 cm³/mol. The van der Waals surface area contributed by atoms with Crippen molar-refractivity contribution in [2.75, 3.05) is 6.61 Å². The summed E-state index contributed by atoms with van der Waals surface area (Å²) in [6, 6.07) is 3.87. The highest BCUT2D eigenvalue weighted by molar-refractivity contribution is 5.85. The van der Waals surface area contributed by atoms with Crippen molar-refractivity contribution in [2.24, 2.45) is 0 Å². The lowest BCUT2D eigenvalue weighted by Gasteiger charge is -2.10. The van der Waals surface area contributed by atoms with Crippen molar-refractivity contribution in [1.29, 1.82) is 0 Å². The van der Waals surface area contributed by atoms with E-state index in [-0.39, 0.29) is 5.63 Å². The van der Waals surface area contributed by atoms with E-state index in [4.69, 9.17) is 9.15 Å². The van der Waals surface area contributed by atoms with Gasteiger partial charge in [-0.05, 0) is 45.4 Å². The molecule has 0 bridgehead atoms. The topological polar surface area (TPSA) is 39.4 Å². The smallest absolute Gasteiger partial charge is 0.339 e. The molecule has 1 aromatic heterocycles. The molecule has 0 aliphatic heterocycles. The van der Waals surface area contributed by atoms with Crippen molar-refractivity contribution < 1.29 is 9.15 Å². The molecule has 17 heavy (non-hydrogen) atoms. The van der Waals surface area contributed by atoms with Crippen molar-refractivity contribution in [3.63, 3.8) is 0 Å². The first-order valence-electron chi connectivity index (χ1n) is 5.72. The van der Waals surface area contributed by atoms with Gasteiger partial charge in [0, 0.05) is 16.5 Å². The number of hydrogen-bond donors (Lipinski definition) is 0. The lowest BCUT2D eigenvalue weighted by Crippen LogP contribution is -2.06. The normalized spacial score (nSPS) is 10.8. The van der Waals surface area contributed by atoms with E-state index in [9.17, 15) is 4.79 Å². The van der Waals surface area contributed by atoms with E-state index in [2.05, 4.69) is 0 Å². The number of hydrogen-bond acceptors (Lipinski definition) is 3. The van der Waals surface area contributed by atoms with Crippen LogP contribution in [-0.4, -0.2) is 6.61 Å². The second-order valence-electron chi connectivity index (χ2n) is 4.14. The van der Waals surface area contributed by atoms with Crippen LogP contribution < -0.4 is 10.4 Å². The molecule has 0 saturated carbocycles. The highest BCUT2D eigenvalue weighted by Crippen LogP contribution is 2.28. The van der Waals surface area contributed by atoms with Crippen LogP contribution in [-0.2, 0) is 0 Å². The zero-order valence-electron chi connectivity index (χ0n) is 10.6. The standard InChI is InChI=1S/C14H16O3/c1-5-16-12-7-6-11-8(2)9(3)14(15)17-13(11)10(12)4/h6-7H,5H2,1-4H3. The molecule has 3 heteroatoms. The van der Waals surface area contributed by atoms with Gasteiger partial charge in [-0.3, -0.25) is 0 Å². The van der Waals surface area contributed by atoms with Gasteiger partial charge in [0.2, 0.25) is 0 Å². The molecule has 0 radical (unpaired) electrons. The minimum atomic E-state index is -0.272. The third-order valence-corrected chi connectivity index (χ3v) is 3.12. The highest BCUT2D eigenvalue weighted by Gasteiger charge is 2.12. The van der Waals surface area contributed by atoms with Crippen molar-refractivity contribution in [3.05, 3.63) is 39.2 Å². The Morgan fingerprint density at radius 3 is 2.47 bits per heavy atom. The number of benzene rings is 1. The van der Waals surface area contributed by atoms with E-state index in [1.165, 1.54) is 0 Å². The molecule has 0 aliphatic carbocycles. The summed E-state index contributed by atoms with van der Waals surface area (Å²) in [6.45, 7) is 8.16. The maximum atomic E-state index is 11.7. The molecule has 0 aliphatic rings. The van der Waals surface area contributed by atoms with E-state index in [0.29, 0.717) is 17.8 Å². The van der Waals surface area contributed by atoms with E-state index in [0.717, 1.165) is 22.3 Å². The van der Waals surface area contributed by atoms with Gasteiger partial charge in [0.15, 0.2) is 0 Å². The molecular formula is C14H16O3. The van der Waals surface area contributed by atoms with Crippen LogP contribution in [0.25, 0.3) is 11.0 Å². The first-order chi connectivity index (χ1) is 8.06. The van der Waals surface area contributed by atoms with Gasteiger partial charge in [-0.15, -0.1) is 0 Å². The monoisotopic (exact) mass is 232 g/mol. The second-order valence-corrected chi connectivity index (χ2v) is 4.14. The maximum absolute atomic E-state index is 11.7. The average Bonchev–Trinajstić information content (AvgIpc) is 2.31. The molecule has 1 heterocycles. The fraction of sp³-hybridized carbons (Fsp3) is 0.357. The van der Waals surface area contributed by atoms with E-state index < -0.39 is 0 Å². The Morgan fingerprint density at radius 2 is 1.82 bits per heavy atom. The summed E-state index contributed by atoms with van der Waals surface area (Å²) in [5.74, 6) is 0.770. The van der Waals surface area contributed by atoms with Crippen LogP contribution in [0.15, 0.2) is 21.3 Å². The van der Waals surface area contributed by atoms with Crippen LogP contribution in [0.3, 0.4) is 0 Å². The molecule has 0 amide bonds. The summed E-state index contributed by atoms with van der Waals surface area (Å²) < 4.78 is 10.8. The Labute approximate surface area is 100 Å². The molecule has 0 saturated heterocycles. The molecule has 0 N–H and O–H groups in total.